The third-order valence-electron chi connectivity index (χ3n) is 7.05. The van der Waals surface area contributed by atoms with Gasteiger partial charge in [-0.15, -0.1) is 0 Å². The Hall–Kier alpha value is -3.80. The molecule has 0 fully saturated rings. The van der Waals surface area contributed by atoms with Crippen LogP contribution in [0.2, 0.25) is 0 Å². The number of amides is 2. The molecular weight excluding hydrogens is 452 g/mol. The summed E-state index contributed by atoms with van der Waals surface area (Å²) in [5.41, 5.74) is 5.62. The van der Waals surface area contributed by atoms with Gasteiger partial charge < -0.3 is 19.7 Å². The average molecular weight is 485 g/mol. The monoisotopic (exact) mass is 484 g/mol. The zero-order valence-electron chi connectivity index (χ0n) is 21.0. The van der Waals surface area contributed by atoms with Crippen LogP contribution in [0.5, 0.6) is 11.5 Å². The quantitative estimate of drug-likeness (QED) is 0.516. The minimum absolute atomic E-state index is 0.0318. The molecule has 0 bridgehead atoms. The number of ether oxygens (including phenoxy) is 2. The van der Waals surface area contributed by atoms with E-state index in [-0.39, 0.29) is 11.8 Å². The Bertz CT molecular complexity index is 1280. The predicted octanol–water partition coefficient (Wildman–Crippen LogP) is 4.95. The van der Waals surface area contributed by atoms with Gasteiger partial charge in [0, 0.05) is 18.7 Å². The number of nitrogens with zero attached hydrogens (tertiary/aromatic N) is 1. The second-order valence-electron chi connectivity index (χ2n) is 9.33. The number of aryl methyl sites for hydroxylation is 1. The Balaban J connectivity index is 1.57. The van der Waals surface area contributed by atoms with Gasteiger partial charge in [0.05, 0.1) is 25.2 Å². The van der Waals surface area contributed by atoms with Crippen molar-refractivity contribution in [3.63, 3.8) is 0 Å². The Labute approximate surface area is 212 Å². The van der Waals surface area contributed by atoms with E-state index < -0.39 is 12.0 Å². The van der Waals surface area contributed by atoms with E-state index in [9.17, 15) is 9.59 Å². The first kappa shape index (κ1) is 23.9. The summed E-state index contributed by atoms with van der Waals surface area (Å²) in [6, 6.07) is 19.2. The van der Waals surface area contributed by atoms with Crippen molar-refractivity contribution in [1.82, 2.24) is 10.2 Å². The zero-order chi connectivity index (χ0) is 25.2. The van der Waals surface area contributed by atoms with Crippen LogP contribution in [0.15, 0.2) is 60.7 Å². The summed E-state index contributed by atoms with van der Waals surface area (Å²) in [7, 11) is 0. The number of fused-ring (bicyclic) bond motifs is 4. The van der Waals surface area contributed by atoms with Crippen molar-refractivity contribution in [1.29, 1.82) is 0 Å². The minimum atomic E-state index is -0.532. The average Bonchev–Trinajstić information content (AvgIpc) is 2.89. The maximum absolute atomic E-state index is 13.8. The molecule has 2 amide bonds. The molecule has 0 radical (unpaired) electrons. The van der Waals surface area contributed by atoms with Crippen molar-refractivity contribution in [3.05, 3.63) is 94.0 Å². The van der Waals surface area contributed by atoms with Crippen molar-refractivity contribution in [3.8, 4) is 11.5 Å². The lowest BCUT2D eigenvalue weighted by atomic mass is 9.75. The van der Waals surface area contributed by atoms with E-state index in [0.29, 0.717) is 49.8 Å². The van der Waals surface area contributed by atoms with Crippen LogP contribution in [-0.4, -0.2) is 36.5 Å². The first-order valence-electron chi connectivity index (χ1n) is 12.7. The molecule has 0 spiro atoms. The molecule has 0 aromatic heterocycles. The highest BCUT2D eigenvalue weighted by atomic mass is 16.5. The van der Waals surface area contributed by atoms with Gasteiger partial charge in [0.25, 0.3) is 5.91 Å². The highest BCUT2D eigenvalue weighted by Crippen LogP contribution is 2.48. The number of carbonyl (C=O) groups is 2. The normalized spacial score (nSPS) is 18.1. The highest BCUT2D eigenvalue weighted by Gasteiger charge is 2.46. The summed E-state index contributed by atoms with van der Waals surface area (Å²) >= 11 is 0. The lowest BCUT2D eigenvalue weighted by Crippen LogP contribution is -2.50. The minimum Gasteiger partial charge on any atom is -0.490 e. The van der Waals surface area contributed by atoms with Crippen LogP contribution in [0.3, 0.4) is 0 Å². The van der Waals surface area contributed by atoms with Crippen LogP contribution in [0, 0.1) is 6.92 Å². The SMILES string of the molecule is CCOc1cc2c(cc1OCC)[C@H]1[C@@H](C(=O)NCc3ccc(C)cc3)c3ccccc3C(=O)N1CC2. The topological polar surface area (TPSA) is 67.9 Å². The Kier molecular flexibility index (Phi) is 6.68. The molecule has 6 heteroatoms. The largest absolute Gasteiger partial charge is 0.490 e. The fraction of sp³-hybridized carbons (Fsp3) is 0.333. The number of hydrogen-bond acceptors (Lipinski definition) is 4. The molecule has 5 rings (SSSR count). The maximum atomic E-state index is 13.8. The van der Waals surface area contributed by atoms with Crippen LogP contribution >= 0.6 is 0 Å². The number of nitrogens with one attached hydrogen (secondary N) is 1. The van der Waals surface area contributed by atoms with Gasteiger partial charge in [0.15, 0.2) is 11.5 Å². The molecule has 36 heavy (non-hydrogen) atoms. The summed E-state index contributed by atoms with van der Waals surface area (Å²) in [5.74, 6) is 0.691. The molecule has 0 saturated heterocycles. The van der Waals surface area contributed by atoms with Crippen molar-refractivity contribution < 1.29 is 19.1 Å². The molecule has 1 N–H and O–H groups in total. The van der Waals surface area contributed by atoms with Crippen molar-refractivity contribution >= 4 is 11.8 Å². The van der Waals surface area contributed by atoms with Crippen LogP contribution in [0.25, 0.3) is 0 Å². The molecule has 186 valence electrons. The molecule has 2 heterocycles. The van der Waals surface area contributed by atoms with Gasteiger partial charge in [-0.05, 0) is 67.6 Å². The summed E-state index contributed by atoms with van der Waals surface area (Å²) < 4.78 is 11.8. The maximum Gasteiger partial charge on any atom is 0.254 e. The number of rotatable bonds is 7. The van der Waals surface area contributed by atoms with E-state index in [2.05, 4.69) is 5.32 Å². The lowest BCUT2D eigenvalue weighted by Gasteiger charge is -2.45. The molecule has 2 aliphatic rings. The highest BCUT2D eigenvalue weighted by molar-refractivity contribution is 6.01. The zero-order valence-corrected chi connectivity index (χ0v) is 21.0. The third kappa shape index (κ3) is 4.32. The van der Waals surface area contributed by atoms with Crippen LogP contribution < -0.4 is 14.8 Å². The lowest BCUT2D eigenvalue weighted by molar-refractivity contribution is -0.124. The molecule has 6 nitrogen and oxygen atoms in total. The molecular formula is C30H32N2O4. The molecule has 2 atom stereocenters. The van der Waals surface area contributed by atoms with E-state index >= 15 is 0 Å². The second-order valence-corrected chi connectivity index (χ2v) is 9.33. The molecule has 0 aliphatic carbocycles. The molecule has 2 aliphatic heterocycles. The standard InChI is InChI=1S/C30H32N2O4/c1-4-35-25-16-21-14-15-32-28(24(21)17-26(25)36-5-2)27(22-8-6-7-9-23(22)30(32)34)29(33)31-18-20-12-10-19(3)11-13-20/h6-13,16-17,27-28H,4-5,14-15,18H2,1-3H3,(H,31,33)/t27-,28-/m0/s1. The second kappa shape index (κ2) is 10.1. The van der Waals surface area contributed by atoms with E-state index in [1.54, 1.807) is 0 Å². The van der Waals surface area contributed by atoms with E-state index in [0.717, 1.165) is 22.3 Å². The van der Waals surface area contributed by atoms with Gasteiger partial charge in [-0.3, -0.25) is 9.59 Å². The molecule has 3 aromatic rings. The summed E-state index contributed by atoms with van der Waals surface area (Å²) in [4.78, 5) is 29.3. The Morgan fingerprint density at radius 2 is 1.67 bits per heavy atom. The van der Waals surface area contributed by atoms with Gasteiger partial charge in [0.2, 0.25) is 5.91 Å². The summed E-state index contributed by atoms with van der Waals surface area (Å²) in [6.07, 6.45) is 0.698. The van der Waals surface area contributed by atoms with Crippen molar-refractivity contribution in [2.45, 2.75) is 45.7 Å². The van der Waals surface area contributed by atoms with Crippen LogP contribution in [-0.2, 0) is 17.8 Å². The van der Waals surface area contributed by atoms with Crippen LogP contribution in [0.1, 0.15) is 64.0 Å². The van der Waals surface area contributed by atoms with Crippen molar-refractivity contribution in [2.24, 2.45) is 0 Å². The number of carbonyl (C=O) groups excluding carboxylic acids is 2. The fourth-order valence-corrected chi connectivity index (χ4v) is 5.36. The molecule has 0 saturated carbocycles. The van der Waals surface area contributed by atoms with Crippen LogP contribution in [0.4, 0.5) is 0 Å². The number of benzene rings is 3. The van der Waals surface area contributed by atoms with Crippen molar-refractivity contribution in [2.75, 3.05) is 19.8 Å². The third-order valence-corrected chi connectivity index (χ3v) is 7.05. The number of hydrogen-bond donors (Lipinski definition) is 1. The first-order valence-corrected chi connectivity index (χ1v) is 12.7. The smallest absolute Gasteiger partial charge is 0.254 e. The van der Waals surface area contributed by atoms with Gasteiger partial charge in [-0.25, -0.2) is 0 Å². The van der Waals surface area contributed by atoms with Gasteiger partial charge >= 0.3 is 0 Å². The molecule has 3 aromatic carbocycles. The Morgan fingerprint density at radius 3 is 2.39 bits per heavy atom. The van der Waals surface area contributed by atoms with Gasteiger partial charge in [-0.1, -0.05) is 48.0 Å². The van der Waals surface area contributed by atoms with E-state index in [1.165, 1.54) is 5.56 Å². The first-order chi connectivity index (χ1) is 17.5. The van der Waals surface area contributed by atoms with Gasteiger partial charge in [0.1, 0.15) is 0 Å². The predicted molar refractivity (Wildman–Crippen MR) is 138 cm³/mol. The van der Waals surface area contributed by atoms with E-state index in [1.807, 2.05) is 86.3 Å². The summed E-state index contributed by atoms with van der Waals surface area (Å²) in [5, 5.41) is 3.15. The Morgan fingerprint density at radius 1 is 0.972 bits per heavy atom. The fourth-order valence-electron chi connectivity index (χ4n) is 5.36. The van der Waals surface area contributed by atoms with Gasteiger partial charge in [-0.2, -0.15) is 0 Å². The molecule has 0 unspecified atom stereocenters. The summed E-state index contributed by atoms with van der Waals surface area (Å²) in [6.45, 7) is 7.93. The van der Waals surface area contributed by atoms with E-state index in [4.69, 9.17) is 9.47 Å².